The monoisotopic (exact) mass is 697 g/mol. The van der Waals surface area contributed by atoms with Crippen LogP contribution in [0.25, 0.3) is 103 Å². The summed E-state index contributed by atoms with van der Waals surface area (Å²) in [5.74, 6) is 0.409. The maximum atomic E-state index is 14.4. The Morgan fingerprint density at radius 2 is 1.15 bits per heavy atom. The van der Waals surface area contributed by atoms with Crippen LogP contribution in [0.5, 0.6) is 0 Å². The van der Waals surface area contributed by atoms with Gasteiger partial charge in [0, 0.05) is 37.2 Å². The van der Waals surface area contributed by atoms with Crippen LogP contribution in [0.4, 0.5) is 4.39 Å². The molecule has 0 saturated heterocycles. The van der Waals surface area contributed by atoms with E-state index in [9.17, 15) is 4.39 Å². The van der Waals surface area contributed by atoms with Crippen molar-refractivity contribution in [2.75, 3.05) is 0 Å². The number of aromatic nitrogens is 3. The van der Waals surface area contributed by atoms with E-state index in [0.29, 0.717) is 5.95 Å². The Bertz CT molecular complexity index is 3240. The number of halogens is 1. The summed E-state index contributed by atoms with van der Waals surface area (Å²) in [5.41, 5.74) is 8.14. The van der Waals surface area contributed by atoms with Crippen molar-refractivity contribution in [2.45, 2.75) is 0 Å². The Hall–Kier alpha value is -6.69. The summed E-state index contributed by atoms with van der Waals surface area (Å²) in [6.07, 6.45) is 0. The van der Waals surface area contributed by atoms with Gasteiger partial charge < -0.3 is 0 Å². The third-order valence-electron chi connectivity index (χ3n) is 10.5. The average molecular weight is 698 g/mol. The second-order valence-corrected chi connectivity index (χ2v) is 14.5. The fourth-order valence-corrected chi connectivity index (χ4v) is 9.22. The van der Waals surface area contributed by atoms with Crippen molar-refractivity contribution in [3.63, 3.8) is 0 Å². The van der Waals surface area contributed by atoms with Crippen LogP contribution in [-0.4, -0.2) is 14.5 Å². The summed E-state index contributed by atoms with van der Waals surface area (Å²) >= 11 is 1.71. The van der Waals surface area contributed by atoms with E-state index in [-0.39, 0.29) is 5.82 Å². The highest BCUT2D eigenvalue weighted by molar-refractivity contribution is 7.25. The highest BCUT2D eigenvalue weighted by atomic mass is 32.1. The minimum absolute atomic E-state index is 0.244. The average Bonchev–Trinajstić information content (AvgIpc) is 3.76. The van der Waals surface area contributed by atoms with Crippen LogP contribution in [0.2, 0.25) is 0 Å². The number of para-hydroxylation sites is 1. The second kappa shape index (κ2) is 11.7. The Balaban J connectivity index is 1.15. The maximum absolute atomic E-state index is 14.4. The molecule has 5 heteroatoms. The van der Waals surface area contributed by atoms with Crippen molar-refractivity contribution in [3.05, 3.63) is 176 Å². The van der Waals surface area contributed by atoms with Crippen molar-refractivity contribution in [1.82, 2.24) is 14.5 Å². The van der Waals surface area contributed by atoms with E-state index in [2.05, 4.69) is 144 Å². The van der Waals surface area contributed by atoms with E-state index in [1.807, 2.05) is 12.1 Å². The van der Waals surface area contributed by atoms with E-state index in [4.69, 9.17) is 9.97 Å². The molecule has 0 radical (unpaired) electrons. The lowest BCUT2D eigenvalue weighted by atomic mass is 9.91. The largest absolute Gasteiger partial charge is 0.277 e. The topological polar surface area (TPSA) is 30.7 Å². The molecular formula is C48H28FN3S. The highest BCUT2D eigenvalue weighted by Gasteiger charge is 2.21. The zero-order chi connectivity index (χ0) is 35.0. The molecule has 11 rings (SSSR count). The Kier molecular flexibility index (Phi) is 6.60. The number of fused-ring (bicyclic) bond motifs is 9. The van der Waals surface area contributed by atoms with Crippen LogP contribution >= 0.6 is 11.3 Å². The van der Waals surface area contributed by atoms with Gasteiger partial charge in [0.05, 0.1) is 16.7 Å². The predicted molar refractivity (Wildman–Crippen MR) is 221 cm³/mol. The molecule has 0 unspecified atom stereocenters. The highest BCUT2D eigenvalue weighted by Crippen LogP contribution is 2.42. The molecule has 0 atom stereocenters. The fraction of sp³-hybridized carbons (Fsp3) is 0. The van der Waals surface area contributed by atoms with Crippen molar-refractivity contribution in [1.29, 1.82) is 0 Å². The minimum atomic E-state index is -0.244. The Morgan fingerprint density at radius 3 is 1.98 bits per heavy atom. The van der Waals surface area contributed by atoms with E-state index in [1.54, 1.807) is 23.5 Å². The summed E-state index contributed by atoms with van der Waals surface area (Å²) in [6, 6.07) is 58.2. The molecule has 11 aromatic rings. The predicted octanol–water partition coefficient (Wildman–Crippen LogP) is 13.4. The fourth-order valence-electron chi connectivity index (χ4n) is 8.14. The zero-order valence-corrected chi connectivity index (χ0v) is 29.1. The molecule has 0 saturated carbocycles. The van der Waals surface area contributed by atoms with E-state index < -0.39 is 0 Å². The molecule has 0 N–H and O–H groups in total. The molecule has 0 amide bonds. The van der Waals surface area contributed by atoms with Gasteiger partial charge in [0.15, 0.2) is 0 Å². The standard InChI is InChI=1S/C48H28FN3S/c49-34-14-7-13-33(28-34)36-19-9-12-31-11-8-18-35(43(31)36)30-22-24-32(25-23-30)45-44-40-17-4-6-21-42(40)53-47(44)51-48(50-45)52-41-20-5-3-16-38(41)39-27-26-29-10-1-2-15-37(29)46(39)52/h1-28H. The molecule has 0 fully saturated rings. The number of rotatable bonds is 4. The molecule has 53 heavy (non-hydrogen) atoms. The third kappa shape index (κ3) is 4.64. The summed E-state index contributed by atoms with van der Waals surface area (Å²) in [4.78, 5) is 11.8. The van der Waals surface area contributed by atoms with Crippen LogP contribution < -0.4 is 0 Å². The molecule has 248 valence electrons. The van der Waals surface area contributed by atoms with Gasteiger partial charge in [-0.2, -0.15) is 0 Å². The molecular weight excluding hydrogens is 670 g/mol. The minimum Gasteiger partial charge on any atom is -0.277 e. The molecule has 0 aliphatic heterocycles. The van der Waals surface area contributed by atoms with Gasteiger partial charge in [0.1, 0.15) is 10.6 Å². The molecule has 3 heterocycles. The van der Waals surface area contributed by atoms with Gasteiger partial charge in [0.2, 0.25) is 5.95 Å². The van der Waals surface area contributed by atoms with Crippen LogP contribution in [0.3, 0.4) is 0 Å². The lowest BCUT2D eigenvalue weighted by molar-refractivity contribution is 0.628. The number of hydrogen-bond acceptors (Lipinski definition) is 3. The first-order valence-electron chi connectivity index (χ1n) is 17.7. The van der Waals surface area contributed by atoms with Crippen molar-refractivity contribution in [3.8, 4) is 39.5 Å². The third-order valence-corrected chi connectivity index (χ3v) is 11.6. The number of hydrogen-bond donors (Lipinski definition) is 0. The SMILES string of the molecule is Fc1cccc(-c2cccc3cccc(-c4ccc(-c5nc(-n6c7ccccc7c7ccc8ccccc8c76)nc6sc7ccccc7c56)cc4)c23)c1. The van der Waals surface area contributed by atoms with Crippen LogP contribution in [0, 0.1) is 5.82 Å². The Labute approximate surface area is 307 Å². The normalized spacial score (nSPS) is 11.9. The number of thiophene rings is 1. The lowest BCUT2D eigenvalue weighted by Crippen LogP contribution is -2.03. The first-order chi connectivity index (χ1) is 26.2. The first-order valence-corrected chi connectivity index (χ1v) is 18.5. The molecule has 0 spiro atoms. The Morgan fingerprint density at radius 1 is 0.472 bits per heavy atom. The van der Waals surface area contributed by atoms with Crippen molar-refractivity contribution in [2.24, 2.45) is 0 Å². The summed E-state index contributed by atoms with van der Waals surface area (Å²) in [5, 5.41) is 9.12. The first kappa shape index (κ1) is 30.0. The van der Waals surface area contributed by atoms with Gasteiger partial charge in [-0.3, -0.25) is 4.57 Å². The van der Waals surface area contributed by atoms with E-state index >= 15 is 0 Å². The molecule has 0 aliphatic rings. The molecule has 3 aromatic heterocycles. The summed E-state index contributed by atoms with van der Waals surface area (Å²) in [6.45, 7) is 0. The van der Waals surface area contributed by atoms with E-state index in [0.717, 1.165) is 70.9 Å². The van der Waals surface area contributed by atoms with E-state index in [1.165, 1.54) is 32.3 Å². The van der Waals surface area contributed by atoms with Gasteiger partial charge in [-0.1, -0.05) is 146 Å². The van der Waals surface area contributed by atoms with Gasteiger partial charge in [-0.05, 0) is 62.7 Å². The second-order valence-electron chi connectivity index (χ2n) is 13.5. The quantitative estimate of drug-likeness (QED) is 0.183. The van der Waals surface area contributed by atoms with Crippen LogP contribution in [0.1, 0.15) is 0 Å². The number of nitrogens with zero attached hydrogens (tertiary/aromatic N) is 3. The molecule has 0 aliphatic carbocycles. The van der Waals surface area contributed by atoms with Gasteiger partial charge in [-0.15, -0.1) is 11.3 Å². The number of benzene rings is 8. The van der Waals surface area contributed by atoms with Gasteiger partial charge in [-0.25, -0.2) is 14.4 Å². The van der Waals surface area contributed by atoms with Crippen molar-refractivity contribution < 1.29 is 4.39 Å². The molecule has 8 aromatic carbocycles. The maximum Gasteiger partial charge on any atom is 0.236 e. The molecule has 3 nitrogen and oxygen atoms in total. The van der Waals surface area contributed by atoms with Gasteiger partial charge >= 0.3 is 0 Å². The smallest absolute Gasteiger partial charge is 0.236 e. The summed E-state index contributed by atoms with van der Waals surface area (Å²) < 4.78 is 17.8. The van der Waals surface area contributed by atoms with Crippen LogP contribution in [-0.2, 0) is 0 Å². The summed E-state index contributed by atoms with van der Waals surface area (Å²) in [7, 11) is 0. The lowest BCUT2D eigenvalue weighted by Gasteiger charge is -2.14. The molecule has 0 bridgehead atoms. The van der Waals surface area contributed by atoms with Gasteiger partial charge in [0.25, 0.3) is 0 Å². The van der Waals surface area contributed by atoms with Crippen molar-refractivity contribution >= 4 is 75.0 Å². The zero-order valence-electron chi connectivity index (χ0n) is 28.3. The van der Waals surface area contributed by atoms with Crippen LogP contribution in [0.15, 0.2) is 170 Å².